The van der Waals surface area contributed by atoms with Crippen molar-refractivity contribution in [2.45, 2.75) is 57.9 Å². The highest BCUT2D eigenvalue weighted by Gasteiger charge is 2.37. The van der Waals surface area contributed by atoms with Crippen LogP contribution in [0, 0.1) is 11.3 Å². The molecule has 2 saturated carbocycles. The Bertz CT molecular complexity index is 506. The van der Waals surface area contributed by atoms with E-state index in [-0.39, 0.29) is 0 Å². The molecule has 3 rings (SSSR count). The smallest absolute Gasteiger partial charge is 0.0627 e. The standard InChI is InChI=1S/C18H25Cl2N/c1-18(2)9-8-12(11-21-13-6-7-13)15(10-18)14-4-3-5-16(19)17(14)20/h3-5,12-13,15,21H,6-11H2,1-2H3. The predicted octanol–water partition coefficient (Wildman–Crippen LogP) is 5.66. The van der Waals surface area contributed by atoms with E-state index in [0.717, 1.165) is 17.6 Å². The molecule has 2 aliphatic rings. The molecular weight excluding hydrogens is 301 g/mol. The Balaban J connectivity index is 1.82. The molecule has 1 aromatic carbocycles. The van der Waals surface area contributed by atoms with Crippen LogP contribution in [0.15, 0.2) is 18.2 Å². The van der Waals surface area contributed by atoms with E-state index in [1.54, 1.807) is 0 Å². The van der Waals surface area contributed by atoms with E-state index in [4.69, 9.17) is 23.2 Å². The quantitative estimate of drug-likeness (QED) is 0.753. The highest BCUT2D eigenvalue weighted by Crippen LogP contribution is 2.48. The predicted molar refractivity (Wildman–Crippen MR) is 91.3 cm³/mol. The van der Waals surface area contributed by atoms with E-state index >= 15 is 0 Å². The molecule has 0 aliphatic heterocycles. The number of nitrogens with one attached hydrogen (secondary N) is 1. The van der Waals surface area contributed by atoms with Gasteiger partial charge in [0.2, 0.25) is 0 Å². The topological polar surface area (TPSA) is 12.0 Å². The Hall–Kier alpha value is -0.240. The zero-order valence-electron chi connectivity index (χ0n) is 13.0. The Kier molecular flexibility index (Phi) is 4.55. The Morgan fingerprint density at radius 1 is 1.19 bits per heavy atom. The monoisotopic (exact) mass is 325 g/mol. The fraction of sp³-hybridized carbons (Fsp3) is 0.667. The third-order valence-electron chi connectivity index (χ3n) is 5.16. The summed E-state index contributed by atoms with van der Waals surface area (Å²) in [5.41, 5.74) is 1.64. The van der Waals surface area contributed by atoms with Gasteiger partial charge in [0.05, 0.1) is 10.0 Å². The molecule has 2 aliphatic carbocycles. The molecular formula is C18H25Cl2N. The molecule has 0 saturated heterocycles. The van der Waals surface area contributed by atoms with Gasteiger partial charge in [-0.05, 0) is 67.5 Å². The molecule has 2 atom stereocenters. The summed E-state index contributed by atoms with van der Waals surface area (Å²) in [6.07, 6.45) is 6.48. The SMILES string of the molecule is CC1(C)CCC(CNC2CC2)C(c2cccc(Cl)c2Cl)C1. The van der Waals surface area contributed by atoms with Crippen molar-refractivity contribution in [2.75, 3.05) is 6.54 Å². The van der Waals surface area contributed by atoms with Gasteiger partial charge in [0.15, 0.2) is 0 Å². The Labute approximate surface area is 138 Å². The molecule has 3 heteroatoms. The zero-order valence-corrected chi connectivity index (χ0v) is 14.5. The minimum absolute atomic E-state index is 0.395. The molecule has 0 radical (unpaired) electrons. The molecule has 1 N–H and O–H groups in total. The van der Waals surface area contributed by atoms with Crippen molar-refractivity contribution in [3.63, 3.8) is 0 Å². The summed E-state index contributed by atoms with van der Waals surface area (Å²) in [5, 5.41) is 5.16. The second kappa shape index (κ2) is 6.10. The molecule has 2 fully saturated rings. The van der Waals surface area contributed by atoms with Gasteiger partial charge in [0.25, 0.3) is 0 Å². The fourth-order valence-corrected chi connectivity index (χ4v) is 4.11. The average Bonchev–Trinajstić information content (AvgIpc) is 3.24. The van der Waals surface area contributed by atoms with Gasteiger partial charge in [-0.15, -0.1) is 0 Å². The van der Waals surface area contributed by atoms with Crippen molar-refractivity contribution in [1.82, 2.24) is 5.32 Å². The summed E-state index contributed by atoms with van der Waals surface area (Å²) in [6, 6.07) is 6.87. The molecule has 1 aromatic rings. The van der Waals surface area contributed by atoms with Crippen LogP contribution in [0.4, 0.5) is 0 Å². The summed E-state index contributed by atoms with van der Waals surface area (Å²) in [5.74, 6) is 1.20. The number of halogens is 2. The second-order valence-electron chi connectivity index (χ2n) is 7.60. The van der Waals surface area contributed by atoms with E-state index in [1.165, 1.54) is 37.7 Å². The van der Waals surface area contributed by atoms with Crippen molar-refractivity contribution in [3.8, 4) is 0 Å². The van der Waals surface area contributed by atoms with E-state index in [2.05, 4.69) is 25.2 Å². The van der Waals surface area contributed by atoms with Crippen molar-refractivity contribution in [2.24, 2.45) is 11.3 Å². The maximum atomic E-state index is 6.51. The fourth-order valence-electron chi connectivity index (χ4n) is 3.66. The number of benzene rings is 1. The van der Waals surface area contributed by atoms with E-state index in [0.29, 0.717) is 22.3 Å². The molecule has 0 amide bonds. The lowest BCUT2D eigenvalue weighted by Crippen LogP contribution is -2.35. The van der Waals surface area contributed by atoms with Gasteiger partial charge in [-0.25, -0.2) is 0 Å². The average molecular weight is 326 g/mol. The van der Waals surface area contributed by atoms with Crippen LogP contribution in [0.5, 0.6) is 0 Å². The molecule has 116 valence electrons. The normalized spacial score (nSPS) is 28.6. The van der Waals surface area contributed by atoms with E-state index in [1.807, 2.05) is 12.1 Å². The summed E-state index contributed by atoms with van der Waals surface area (Å²) >= 11 is 12.7. The van der Waals surface area contributed by atoms with Gasteiger partial charge in [0, 0.05) is 6.04 Å². The molecule has 0 aromatic heterocycles. The van der Waals surface area contributed by atoms with Crippen molar-refractivity contribution < 1.29 is 0 Å². The van der Waals surface area contributed by atoms with Gasteiger partial charge in [-0.3, -0.25) is 0 Å². The first-order chi connectivity index (χ1) is 9.96. The minimum Gasteiger partial charge on any atom is -0.314 e. The summed E-state index contributed by atoms with van der Waals surface area (Å²) < 4.78 is 0. The summed E-state index contributed by atoms with van der Waals surface area (Å²) in [6.45, 7) is 5.88. The molecule has 0 spiro atoms. The van der Waals surface area contributed by atoms with Gasteiger partial charge >= 0.3 is 0 Å². The largest absolute Gasteiger partial charge is 0.314 e. The highest BCUT2D eigenvalue weighted by atomic mass is 35.5. The van der Waals surface area contributed by atoms with Crippen LogP contribution in [0.3, 0.4) is 0 Å². The molecule has 0 heterocycles. The van der Waals surface area contributed by atoms with Crippen LogP contribution < -0.4 is 5.32 Å². The third kappa shape index (κ3) is 3.75. The lowest BCUT2D eigenvalue weighted by molar-refractivity contribution is 0.159. The third-order valence-corrected chi connectivity index (χ3v) is 5.99. The molecule has 21 heavy (non-hydrogen) atoms. The van der Waals surface area contributed by atoms with Crippen molar-refractivity contribution in [1.29, 1.82) is 0 Å². The first-order valence-corrected chi connectivity index (χ1v) is 8.89. The van der Waals surface area contributed by atoms with Crippen LogP contribution in [-0.2, 0) is 0 Å². The molecule has 0 bridgehead atoms. The van der Waals surface area contributed by atoms with Crippen molar-refractivity contribution in [3.05, 3.63) is 33.8 Å². The lowest BCUT2D eigenvalue weighted by atomic mass is 9.65. The van der Waals surface area contributed by atoms with Crippen LogP contribution in [-0.4, -0.2) is 12.6 Å². The van der Waals surface area contributed by atoms with Gasteiger partial charge in [-0.2, -0.15) is 0 Å². The summed E-state index contributed by atoms with van der Waals surface area (Å²) in [4.78, 5) is 0. The first kappa shape index (κ1) is 15.6. The van der Waals surface area contributed by atoms with Crippen LogP contribution in [0.2, 0.25) is 10.0 Å². The maximum Gasteiger partial charge on any atom is 0.0627 e. The van der Waals surface area contributed by atoms with Crippen molar-refractivity contribution >= 4 is 23.2 Å². The molecule has 1 nitrogen and oxygen atoms in total. The van der Waals surface area contributed by atoms with Gasteiger partial charge in [-0.1, -0.05) is 49.2 Å². The number of hydrogen-bond donors (Lipinski definition) is 1. The Morgan fingerprint density at radius 2 is 1.95 bits per heavy atom. The first-order valence-electron chi connectivity index (χ1n) is 8.13. The number of rotatable bonds is 4. The summed E-state index contributed by atoms with van der Waals surface area (Å²) in [7, 11) is 0. The minimum atomic E-state index is 0.395. The number of hydrogen-bond acceptors (Lipinski definition) is 1. The van der Waals surface area contributed by atoms with Crippen LogP contribution in [0.25, 0.3) is 0 Å². The Morgan fingerprint density at radius 3 is 2.67 bits per heavy atom. The van der Waals surface area contributed by atoms with Gasteiger partial charge < -0.3 is 5.32 Å². The molecule has 2 unspecified atom stereocenters. The zero-order chi connectivity index (χ0) is 15.0. The van der Waals surface area contributed by atoms with Crippen LogP contribution >= 0.6 is 23.2 Å². The lowest BCUT2D eigenvalue weighted by Gasteiger charge is -2.41. The second-order valence-corrected chi connectivity index (χ2v) is 8.38. The van der Waals surface area contributed by atoms with E-state index in [9.17, 15) is 0 Å². The van der Waals surface area contributed by atoms with Gasteiger partial charge in [0.1, 0.15) is 0 Å². The highest BCUT2D eigenvalue weighted by molar-refractivity contribution is 6.42. The van der Waals surface area contributed by atoms with E-state index < -0.39 is 0 Å². The maximum absolute atomic E-state index is 6.51. The van der Waals surface area contributed by atoms with Crippen LogP contribution in [0.1, 0.15) is 57.4 Å².